The summed E-state index contributed by atoms with van der Waals surface area (Å²) in [6.07, 6.45) is 5.75. The fourth-order valence-electron chi connectivity index (χ4n) is 2.71. The monoisotopic (exact) mass is 353 g/mol. The van der Waals surface area contributed by atoms with Crippen LogP contribution in [0.4, 0.5) is 0 Å². The Morgan fingerprint density at radius 2 is 1.56 bits per heavy atom. The Morgan fingerprint density at radius 3 is 2.30 bits per heavy atom. The molecule has 2 aromatic heterocycles. The maximum Gasteiger partial charge on any atom is 0.234 e. The lowest BCUT2D eigenvalue weighted by molar-refractivity contribution is 0.292. The van der Waals surface area contributed by atoms with Crippen molar-refractivity contribution in [1.82, 2.24) is 14.8 Å². The van der Waals surface area contributed by atoms with Crippen molar-refractivity contribution in [3.8, 4) is 11.6 Å². The highest BCUT2D eigenvalue weighted by molar-refractivity contribution is 5.67. The lowest BCUT2D eigenvalue weighted by atomic mass is 10.2. The van der Waals surface area contributed by atoms with Crippen molar-refractivity contribution >= 4 is 12.2 Å². The van der Waals surface area contributed by atoms with Gasteiger partial charge in [-0.2, -0.15) is 0 Å². The van der Waals surface area contributed by atoms with E-state index in [1.807, 2.05) is 102 Å². The molecule has 132 valence electrons. The van der Waals surface area contributed by atoms with Crippen LogP contribution >= 0.6 is 0 Å². The average Bonchev–Trinajstić information content (AvgIpc) is 3.16. The zero-order chi connectivity index (χ0) is 18.3. The summed E-state index contributed by atoms with van der Waals surface area (Å²) in [5.74, 6) is 0.586. The van der Waals surface area contributed by atoms with Gasteiger partial charge >= 0.3 is 0 Å². The van der Waals surface area contributed by atoms with Crippen molar-refractivity contribution in [2.75, 3.05) is 0 Å². The summed E-state index contributed by atoms with van der Waals surface area (Å²) >= 11 is 0. The first-order chi connectivity index (χ1) is 13.4. The van der Waals surface area contributed by atoms with Gasteiger partial charge in [0, 0.05) is 12.3 Å². The van der Waals surface area contributed by atoms with E-state index < -0.39 is 0 Å². The Kier molecular flexibility index (Phi) is 5.07. The van der Waals surface area contributed by atoms with E-state index in [0.29, 0.717) is 12.5 Å². The van der Waals surface area contributed by atoms with Crippen molar-refractivity contribution < 1.29 is 4.74 Å². The summed E-state index contributed by atoms with van der Waals surface area (Å²) in [5, 5.41) is 4.63. The van der Waals surface area contributed by atoms with Crippen LogP contribution in [-0.2, 0) is 6.61 Å². The second kappa shape index (κ2) is 8.15. The highest BCUT2D eigenvalue weighted by Crippen LogP contribution is 2.20. The van der Waals surface area contributed by atoms with Crippen molar-refractivity contribution in [2.24, 2.45) is 0 Å². The van der Waals surface area contributed by atoms with Crippen LogP contribution < -0.4 is 4.74 Å². The molecule has 0 amide bonds. The number of nitrogens with zero attached hydrogens (tertiary/aromatic N) is 3. The zero-order valence-corrected chi connectivity index (χ0v) is 14.8. The van der Waals surface area contributed by atoms with Crippen LogP contribution in [0.25, 0.3) is 17.8 Å². The minimum atomic E-state index is 0.482. The van der Waals surface area contributed by atoms with Gasteiger partial charge in [0.05, 0.1) is 17.1 Å². The highest BCUT2D eigenvalue weighted by Gasteiger charge is 2.09. The molecule has 0 fully saturated rings. The number of hydrogen-bond acceptors (Lipinski definition) is 3. The lowest BCUT2D eigenvalue weighted by Crippen LogP contribution is -2.00. The molecular weight excluding hydrogens is 334 g/mol. The number of para-hydroxylation sites is 1. The van der Waals surface area contributed by atoms with Gasteiger partial charge < -0.3 is 4.74 Å². The van der Waals surface area contributed by atoms with E-state index in [2.05, 4.69) is 10.1 Å². The van der Waals surface area contributed by atoms with E-state index >= 15 is 0 Å². The van der Waals surface area contributed by atoms with Crippen molar-refractivity contribution in [3.63, 3.8) is 0 Å². The molecule has 0 aliphatic carbocycles. The molecule has 4 rings (SSSR count). The molecule has 0 N–H and O–H groups in total. The van der Waals surface area contributed by atoms with Gasteiger partial charge in [0.25, 0.3) is 0 Å². The van der Waals surface area contributed by atoms with Crippen LogP contribution in [0.3, 0.4) is 0 Å². The summed E-state index contributed by atoms with van der Waals surface area (Å²) in [4.78, 5) is 4.33. The van der Waals surface area contributed by atoms with Gasteiger partial charge in [-0.15, -0.1) is 5.10 Å². The van der Waals surface area contributed by atoms with E-state index in [4.69, 9.17) is 4.74 Å². The first-order valence-electron chi connectivity index (χ1n) is 8.80. The van der Waals surface area contributed by atoms with Gasteiger partial charge in [-0.3, -0.25) is 4.98 Å². The molecule has 0 aliphatic heterocycles. The van der Waals surface area contributed by atoms with Crippen LogP contribution in [0, 0.1) is 0 Å². The Morgan fingerprint density at radius 1 is 0.815 bits per heavy atom. The topological polar surface area (TPSA) is 39.9 Å². The largest absolute Gasteiger partial charge is 0.472 e. The smallest absolute Gasteiger partial charge is 0.234 e. The molecule has 2 aromatic carbocycles. The van der Waals surface area contributed by atoms with Crippen LogP contribution in [0.5, 0.6) is 5.88 Å². The zero-order valence-electron chi connectivity index (χ0n) is 14.8. The molecule has 0 aliphatic rings. The van der Waals surface area contributed by atoms with Gasteiger partial charge in [-0.1, -0.05) is 54.6 Å². The number of benzene rings is 2. The maximum absolute atomic E-state index is 5.91. The fourth-order valence-corrected chi connectivity index (χ4v) is 2.71. The summed E-state index contributed by atoms with van der Waals surface area (Å²) in [6, 6.07) is 27.9. The Labute approximate surface area is 158 Å². The third-order valence-corrected chi connectivity index (χ3v) is 4.06. The van der Waals surface area contributed by atoms with E-state index in [1.165, 1.54) is 0 Å². The minimum Gasteiger partial charge on any atom is -0.472 e. The lowest BCUT2D eigenvalue weighted by Gasteiger charge is -2.04. The van der Waals surface area contributed by atoms with Crippen LogP contribution in [0.2, 0.25) is 0 Å². The third kappa shape index (κ3) is 4.30. The van der Waals surface area contributed by atoms with E-state index in [-0.39, 0.29) is 0 Å². The molecule has 0 radical (unpaired) electrons. The van der Waals surface area contributed by atoms with Crippen LogP contribution in [-0.4, -0.2) is 14.8 Å². The molecule has 0 unspecified atom stereocenters. The molecule has 0 bridgehead atoms. The Balaban J connectivity index is 1.62. The second-order valence-electron chi connectivity index (χ2n) is 6.02. The average molecular weight is 353 g/mol. The first-order valence-corrected chi connectivity index (χ1v) is 8.80. The number of pyridine rings is 1. The van der Waals surface area contributed by atoms with Crippen molar-refractivity contribution in [3.05, 3.63) is 108 Å². The highest BCUT2D eigenvalue weighted by atomic mass is 16.5. The van der Waals surface area contributed by atoms with Gasteiger partial charge in [0.15, 0.2) is 0 Å². The molecule has 4 nitrogen and oxygen atoms in total. The van der Waals surface area contributed by atoms with Crippen LogP contribution in [0.1, 0.15) is 17.0 Å². The summed E-state index contributed by atoms with van der Waals surface area (Å²) in [6.45, 7) is 0.482. The maximum atomic E-state index is 5.91. The molecule has 0 saturated heterocycles. The van der Waals surface area contributed by atoms with Gasteiger partial charge in [-0.25, -0.2) is 4.68 Å². The third-order valence-electron chi connectivity index (χ3n) is 4.06. The molecular formula is C23H19N3O. The van der Waals surface area contributed by atoms with E-state index in [0.717, 1.165) is 22.6 Å². The molecule has 4 aromatic rings. The van der Waals surface area contributed by atoms with E-state index in [1.54, 1.807) is 6.20 Å². The fraction of sp³-hybridized carbons (Fsp3) is 0.0435. The summed E-state index contributed by atoms with van der Waals surface area (Å²) < 4.78 is 7.78. The number of hydrogen-bond donors (Lipinski definition) is 0. The van der Waals surface area contributed by atoms with Crippen molar-refractivity contribution in [2.45, 2.75) is 6.61 Å². The molecule has 0 spiro atoms. The Hall–Kier alpha value is -3.66. The van der Waals surface area contributed by atoms with Gasteiger partial charge in [0.2, 0.25) is 5.88 Å². The quantitative estimate of drug-likeness (QED) is 0.489. The number of aromatic nitrogens is 3. The second-order valence-corrected chi connectivity index (χ2v) is 6.02. The molecule has 4 heteroatoms. The predicted octanol–water partition coefficient (Wildman–Crippen LogP) is 5.02. The predicted molar refractivity (Wildman–Crippen MR) is 108 cm³/mol. The van der Waals surface area contributed by atoms with Gasteiger partial charge in [0.1, 0.15) is 6.61 Å². The van der Waals surface area contributed by atoms with E-state index in [9.17, 15) is 0 Å². The van der Waals surface area contributed by atoms with Crippen molar-refractivity contribution in [1.29, 1.82) is 0 Å². The summed E-state index contributed by atoms with van der Waals surface area (Å²) in [5.41, 5.74) is 3.91. The number of ether oxygens (including phenoxy) is 1. The molecule has 0 atom stereocenters. The summed E-state index contributed by atoms with van der Waals surface area (Å²) in [7, 11) is 0. The normalized spacial score (nSPS) is 11.0. The SMILES string of the molecule is C(=C\c1cc(OCc2ccccc2)nn1-c1ccccc1)/c1ccccn1. The molecule has 27 heavy (non-hydrogen) atoms. The Bertz CT molecular complexity index is 1010. The van der Waals surface area contributed by atoms with Crippen LogP contribution in [0.15, 0.2) is 91.1 Å². The molecule has 2 heterocycles. The molecule has 0 saturated carbocycles. The minimum absolute atomic E-state index is 0.482. The first kappa shape index (κ1) is 16.8. The number of rotatable bonds is 6. The standard InChI is InChI=1S/C23H19N3O/c1-3-9-19(10-4-1)18-27-23-17-22(15-14-20-11-7-8-16-24-20)26(25-23)21-12-5-2-6-13-21/h1-17H,18H2/b15-14+. The van der Waals surface area contributed by atoms with Gasteiger partial charge in [-0.05, 0) is 42.0 Å².